The molecule has 6 heteroatoms. The first kappa shape index (κ1) is 17.1. The van der Waals surface area contributed by atoms with Gasteiger partial charge in [0.2, 0.25) is 11.8 Å². The highest BCUT2D eigenvalue weighted by Crippen LogP contribution is 2.47. The lowest BCUT2D eigenvalue weighted by atomic mass is 9.83. The molecular formula is C20H25N3O3. The number of aryl methyl sites for hydroxylation is 1. The predicted octanol–water partition coefficient (Wildman–Crippen LogP) is 2.27. The highest BCUT2D eigenvalue weighted by atomic mass is 16.3. The molecule has 2 atom stereocenters. The van der Waals surface area contributed by atoms with Crippen LogP contribution in [-0.4, -0.2) is 47.3 Å². The van der Waals surface area contributed by atoms with Crippen LogP contribution in [0.2, 0.25) is 0 Å². The maximum absolute atomic E-state index is 12.7. The number of likely N-dealkylation sites (tertiary alicyclic amines) is 2. The Kier molecular flexibility index (Phi) is 4.26. The van der Waals surface area contributed by atoms with Gasteiger partial charge in [0.1, 0.15) is 16.9 Å². The van der Waals surface area contributed by atoms with Gasteiger partial charge in [-0.15, -0.1) is 0 Å². The molecule has 3 aliphatic rings. The maximum Gasteiger partial charge on any atom is 0.243 e. The van der Waals surface area contributed by atoms with Gasteiger partial charge in [-0.25, -0.2) is 0 Å². The second-order valence-corrected chi connectivity index (χ2v) is 7.95. The Morgan fingerprint density at radius 3 is 2.85 bits per heavy atom. The molecule has 1 saturated carbocycles. The van der Waals surface area contributed by atoms with E-state index in [2.05, 4.69) is 6.07 Å². The Hall–Kier alpha value is -2.29. The van der Waals surface area contributed by atoms with Gasteiger partial charge in [0.05, 0.1) is 6.07 Å². The maximum atomic E-state index is 12.7. The van der Waals surface area contributed by atoms with E-state index >= 15 is 0 Å². The Morgan fingerprint density at radius 2 is 2.19 bits per heavy atom. The van der Waals surface area contributed by atoms with E-state index in [9.17, 15) is 14.9 Å². The zero-order valence-corrected chi connectivity index (χ0v) is 15.2. The first-order valence-corrected chi connectivity index (χ1v) is 9.58. The van der Waals surface area contributed by atoms with E-state index in [1.807, 2.05) is 28.9 Å². The van der Waals surface area contributed by atoms with E-state index in [0.29, 0.717) is 44.8 Å². The topological polar surface area (TPSA) is 77.5 Å². The van der Waals surface area contributed by atoms with Crippen LogP contribution in [0.3, 0.4) is 0 Å². The van der Waals surface area contributed by atoms with E-state index in [0.717, 1.165) is 30.8 Å². The molecule has 0 N–H and O–H groups in total. The molecular weight excluding hydrogens is 330 g/mol. The van der Waals surface area contributed by atoms with E-state index in [4.69, 9.17) is 4.42 Å². The number of rotatable bonds is 4. The van der Waals surface area contributed by atoms with Crippen molar-refractivity contribution in [2.75, 3.05) is 19.6 Å². The van der Waals surface area contributed by atoms with Gasteiger partial charge in [-0.05, 0) is 50.7 Å². The summed E-state index contributed by atoms with van der Waals surface area (Å²) >= 11 is 0. The van der Waals surface area contributed by atoms with Crippen molar-refractivity contribution < 1.29 is 14.0 Å². The van der Waals surface area contributed by atoms with Crippen LogP contribution in [0.5, 0.6) is 0 Å². The first-order valence-electron chi connectivity index (χ1n) is 9.58. The Balaban J connectivity index is 1.40. The summed E-state index contributed by atoms with van der Waals surface area (Å²) in [6.07, 6.45) is 4.30. The quantitative estimate of drug-likeness (QED) is 0.830. The van der Waals surface area contributed by atoms with Gasteiger partial charge in [0, 0.05) is 38.5 Å². The molecule has 0 radical (unpaired) electrons. The van der Waals surface area contributed by atoms with Crippen molar-refractivity contribution in [1.82, 2.24) is 9.80 Å². The van der Waals surface area contributed by atoms with E-state index in [1.54, 1.807) is 0 Å². The second-order valence-electron chi connectivity index (χ2n) is 7.95. The molecule has 1 aromatic rings. The lowest BCUT2D eigenvalue weighted by Gasteiger charge is -2.47. The minimum atomic E-state index is -0.742. The number of nitrogens with zero attached hydrogens (tertiary/aromatic N) is 3. The summed E-state index contributed by atoms with van der Waals surface area (Å²) in [5, 5.41) is 9.29. The SMILES string of the molecule is Cc1ccc(CCN2C(=O)CC[C@H]3CN(C(=O)C4(C#N)CC4)CC[C@H]32)o1. The fourth-order valence-corrected chi connectivity index (χ4v) is 4.48. The van der Waals surface area contributed by atoms with Crippen molar-refractivity contribution >= 4 is 11.8 Å². The number of furan rings is 1. The van der Waals surface area contributed by atoms with Gasteiger partial charge in [-0.1, -0.05) is 0 Å². The predicted molar refractivity (Wildman–Crippen MR) is 93.9 cm³/mol. The van der Waals surface area contributed by atoms with Crippen LogP contribution in [0.1, 0.15) is 43.6 Å². The summed E-state index contributed by atoms with van der Waals surface area (Å²) in [5.74, 6) is 2.34. The van der Waals surface area contributed by atoms with Gasteiger partial charge >= 0.3 is 0 Å². The van der Waals surface area contributed by atoms with Crippen molar-refractivity contribution in [2.24, 2.45) is 11.3 Å². The number of nitriles is 1. The monoisotopic (exact) mass is 355 g/mol. The average molecular weight is 355 g/mol. The summed E-state index contributed by atoms with van der Waals surface area (Å²) in [5.41, 5.74) is -0.742. The molecule has 0 unspecified atom stereocenters. The minimum absolute atomic E-state index is 0.00737. The number of carbonyl (C=O) groups excluding carboxylic acids is 2. The fraction of sp³-hybridized carbons (Fsp3) is 0.650. The molecule has 0 bridgehead atoms. The Morgan fingerprint density at radius 1 is 1.38 bits per heavy atom. The summed E-state index contributed by atoms with van der Waals surface area (Å²) < 4.78 is 5.63. The molecule has 1 aromatic heterocycles. The third-order valence-electron chi connectivity index (χ3n) is 6.20. The van der Waals surface area contributed by atoms with Crippen LogP contribution in [-0.2, 0) is 16.0 Å². The summed E-state index contributed by atoms with van der Waals surface area (Å²) in [6, 6.07) is 6.33. The molecule has 3 heterocycles. The van der Waals surface area contributed by atoms with Crippen molar-refractivity contribution in [3.05, 3.63) is 23.7 Å². The van der Waals surface area contributed by atoms with Crippen LogP contribution in [0.4, 0.5) is 0 Å². The van der Waals surface area contributed by atoms with Crippen molar-refractivity contribution in [3.8, 4) is 6.07 Å². The lowest BCUT2D eigenvalue weighted by Crippen LogP contribution is -2.58. The molecule has 4 rings (SSSR count). The molecule has 2 aliphatic heterocycles. The molecule has 2 saturated heterocycles. The van der Waals surface area contributed by atoms with E-state index < -0.39 is 5.41 Å². The highest BCUT2D eigenvalue weighted by molar-refractivity contribution is 5.88. The van der Waals surface area contributed by atoms with Crippen molar-refractivity contribution in [2.45, 2.75) is 51.5 Å². The molecule has 6 nitrogen and oxygen atoms in total. The molecule has 26 heavy (non-hydrogen) atoms. The highest BCUT2D eigenvalue weighted by Gasteiger charge is 2.53. The molecule has 2 amide bonds. The molecule has 1 aliphatic carbocycles. The van der Waals surface area contributed by atoms with E-state index in [1.165, 1.54) is 0 Å². The molecule has 0 aromatic carbocycles. The number of amides is 2. The zero-order valence-electron chi connectivity index (χ0n) is 15.2. The van der Waals surface area contributed by atoms with Gasteiger partial charge in [-0.3, -0.25) is 9.59 Å². The molecule has 0 spiro atoms. The largest absolute Gasteiger partial charge is 0.466 e. The molecule has 138 valence electrons. The molecule has 3 fully saturated rings. The van der Waals surface area contributed by atoms with Gasteiger partial charge in [-0.2, -0.15) is 5.26 Å². The standard InChI is InChI=1S/C20H25N3O3/c1-14-2-4-16(26-14)6-11-23-17-7-10-22(12-15(17)3-5-18(23)24)19(25)20(13-21)8-9-20/h2,4,15,17H,3,5-12H2,1H3/t15-,17+/m0/s1. The lowest BCUT2D eigenvalue weighted by molar-refractivity contribution is -0.145. The van der Waals surface area contributed by atoms with Gasteiger partial charge in [0.15, 0.2) is 0 Å². The fourth-order valence-electron chi connectivity index (χ4n) is 4.48. The smallest absolute Gasteiger partial charge is 0.243 e. The zero-order chi connectivity index (χ0) is 18.3. The minimum Gasteiger partial charge on any atom is -0.466 e. The Bertz CT molecular complexity index is 759. The normalized spacial score (nSPS) is 27.0. The van der Waals surface area contributed by atoms with Crippen LogP contribution in [0, 0.1) is 29.6 Å². The van der Waals surface area contributed by atoms with Crippen molar-refractivity contribution in [1.29, 1.82) is 5.26 Å². The van der Waals surface area contributed by atoms with Gasteiger partial charge in [0.25, 0.3) is 0 Å². The summed E-state index contributed by atoms with van der Waals surface area (Å²) in [7, 11) is 0. The Labute approximate surface area is 153 Å². The van der Waals surface area contributed by atoms with E-state index in [-0.39, 0.29) is 17.9 Å². The number of carbonyl (C=O) groups is 2. The van der Waals surface area contributed by atoms with Gasteiger partial charge < -0.3 is 14.2 Å². The number of hydrogen-bond acceptors (Lipinski definition) is 4. The van der Waals surface area contributed by atoms with Crippen LogP contribution in [0.15, 0.2) is 16.5 Å². The summed E-state index contributed by atoms with van der Waals surface area (Å²) in [6.45, 7) is 3.92. The number of piperidine rings is 2. The third kappa shape index (κ3) is 3.00. The first-order chi connectivity index (χ1) is 12.5. The van der Waals surface area contributed by atoms with Crippen LogP contribution >= 0.6 is 0 Å². The van der Waals surface area contributed by atoms with Crippen LogP contribution in [0.25, 0.3) is 0 Å². The summed E-state index contributed by atoms with van der Waals surface area (Å²) in [4.78, 5) is 29.0. The number of fused-ring (bicyclic) bond motifs is 1. The van der Waals surface area contributed by atoms with Crippen molar-refractivity contribution in [3.63, 3.8) is 0 Å². The second kappa shape index (κ2) is 6.46. The van der Waals surface area contributed by atoms with Crippen LogP contribution < -0.4 is 0 Å². The number of hydrogen-bond donors (Lipinski definition) is 0. The third-order valence-corrected chi connectivity index (χ3v) is 6.20. The average Bonchev–Trinajstić information content (AvgIpc) is 3.35.